The van der Waals surface area contributed by atoms with E-state index in [0.29, 0.717) is 24.2 Å². The van der Waals surface area contributed by atoms with E-state index >= 15 is 0 Å². The van der Waals surface area contributed by atoms with Crippen molar-refractivity contribution < 1.29 is 17.6 Å². The molecule has 0 spiro atoms. The Kier molecular flexibility index (Phi) is 4.53. The molecule has 1 aromatic carbocycles. The monoisotopic (exact) mass is 373 g/mol. The minimum absolute atomic E-state index is 0.402. The van der Waals surface area contributed by atoms with Crippen LogP contribution in [0.25, 0.3) is 5.57 Å². The molecule has 2 aliphatic heterocycles. The van der Waals surface area contributed by atoms with Gasteiger partial charge in [0.2, 0.25) is 0 Å². The van der Waals surface area contributed by atoms with Crippen LogP contribution < -0.4 is 0 Å². The molecule has 138 valence electrons. The number of benzene rings is 1. The number of allylic oxidation sites excluding steroid dienone is 3. The first-order valence-corrected chi connectivity index (χ1v) is 8.33. The maximum Gasteiger partial charge on any atom is 0.266 e. The van der Waals surface area contributed by atoms with E-state index in [4.69, 9.17) is 0 Å². The summed E-state index contributed by atoms with van der Waals surface area (Å²) in [5, 5.41) is 3.85. The predicted octanol–water partition coefficient (Wildman–Crippen LogP) is 4.82. The Bertz CT molecular complexity index is 965. The molecule has 0 saturated carbocycles. The number of rotatable bonds is 4. The lowest BCUT2D eigenvalue weighted by Gasteiger charge is -2.31. The van der Waals surface area contributed by atoms with Crippen molar-refractivity contribution >= 4 is 5.57 Å². The summed E-state index contributed by atoms with van der Waals surface area (Å²) < 4.78 is 52.9. The normalized spacial score (nSPS) is 16.6. The number of nitrogens with zero attached hydrogens (tertiary/aromatic N) is 3. The molecule has 4 rings (SSSR count). The number of hydrogen-bond donors (Lipinski definition) is 0. The van der Waals surface area contributed by atoms with Crippen molar-refractivity contribution in [3.05, 3.63) is 95.1 Å². The number of halogens is 4. The van der Waals surface area contributed by atoms with Crippen LogP contribution in [0.2, 0.25) is 0 Å². The zero-order valence-corrected chi connectivity index (χ0v) is 14.1. The molecule has 7 heteroatoms. The van der Waals surface area contributed by atoms with Crippen LogP contribution in [0.15, 0.2) is 66.8 Å². The maximum atomic E-state index is 13.6. The van der Waals surface area contributed by atoms with Gasteiger partial charge in [-0.25, -0.2) is 22.6 Å². The van der Waals surface area contributed by atoms with E-state index < -0.39 is 23.6 Å². The molecule has 0 N–H and O–H groups in total. The predicted molar refractivity (Wildman–Crippen MR) is 93.0 cm³/mol. The lowest BCUT2D eigenvalue weighted by atomic mass is 10.0. The highest BCUT2D eigenvalue weighted by molar-refractivity contribution is 5.76. The van der Waals surface area contributed by atoms with Gasteiger partial charge in [-0.3, -0.25) is 9.99 Å². The van der Waals surface area contributed by atoms with Crippen molar-refractivity contribution in [2.24, 2.45) is 0 Å². The Morgan fingerprint density at radius 1 is 1.07 bits per heavy atom. The van der Waals surface area contributed by atoms with E-state index in [-0.39, 0.29) is 0 Å². The molecule has 0 fully saturated rings. The molecule has 0 amide bonds. The van der Waals surface area contributed by atoms with Crippen molar-refractivity contribution in [3.8, 4) is 0 Å². The van der Waals surface area contributed by atoms with Gasteiger partial charge in [0.25, 0.3) is 6.43 Å². The van der Waals surface area contributed by atoms with Crippen molar-refractivity contribution in [2.75, 3.05) is 6.54 Å². The molecule has 2 aromatic rings. The number of hydrazine groups is 1. The van der Waals surface area contributed by atoms with E-state index in [2.05, 4.69) is 4.98 Å². The molecule has 27 heavy (non-hydrogen) atoms. The third kappa shape index (κ3) is 3.50. The first kappa shape index (κ1) is 17.5. The van der Waals surface area contributed by atoms with Crippen LogP contribution in [0.5, 0.6) is 0 Å². The Labute approximate surface area is 153 Å². The Hall–Kier alpha value is -2.93. The van der Waals surface area contributed by atoms with Gasteiger partial charge in [0.15, 0.2) is 0 Å². The zero-order chi connectivity index (χ0) is 19.0. The van der Waals surface area contributed by atoms with Gasteiger partial charge in [0.05, 0.1) is 17.5 Å². The first-order chi connectivity index (χ1) is 13.0. The molecule has 0 unspecified atom stereocenters. The topological polar surface area (TPSA) is 19.4 Å². The third-order valence-electron chi connectivity index (χ3n) is 4.47. The number of alkyl halides is 2. The van der Waals surface area contributed by atoms with Crippen LogP contribution in [0.3, 0.4) is 0 Å². The lowest BCUT2D eigenvalue weighted by molar-refractivity contribution is 0.0849. The SMILES string of the molecule is Fc1cncc(CN2CC=C3C=CC(c4ccc(F)c(C(F)F)c4)=CN32)c1. The second-order valence-corrected chi connectivity index (χ2v) is 6.29. The summed E-state index contributed by atoms with van der Waals surface area (Å²) >= 11 is 0. The molecule has 0 saturated heterocycles. The quantitative estimate of drug-likeness (QED) is 0.716. The Morgan fingerprint density at radius 3 is 2.70 bits per heavy atom. The largest absolute Gasteiger partial charge is 0.281 e. The van der Waals surface area contributed by atoms with Crippen LogP contribution in [-0.4, -0.2) is 21.5 Å². The molecule has 0 bridgehead atoms. The molecule has 0 radical (unpaired) electrons. The van der Waals surface area contributed by atoms with Crippen LogP contribution in [-0.2, 0) is 6.54 Å². The summed E-state index contributed by atoms with van der Waals surface area (Å²) in [6.07, 6.45) is 7.34. The number of hydrogen-bond acceptors (Lipinski definition) is 3. The van der Waals surface area contributed by atoms with Crippen molar-refractivity contribution in [3.63, 3.8) is 0 Å². The second kappa shape index (κ2) is 7.00. The summed E-state index contributed by atoms with van der Waals surface area (Å²) in [7, 11) is 0. The fourth-order valence-corrected chi connectivity index (χ4v) is 3.15. The standard InChI is InChI=1S/C20H15F4N3/c21-16-7-13(9-25-10-16)11-26-6-5-17-3-1-15(12-27(17)26)14-2-4-19(22)18(8-14)20(23)24/h1-5,7-10,12,20H,6,11H2. The molecule has 2 aliphatic rings. The second-order valence-electron chi connectivity index (χ2n) is 6.29. The van der Waals surface area contributed by atoms with Gasteiger partial charge in [-0.05, 0) is 47.1 Å². The van der Waals surface area contributed by atoms with Crippen molar-refractivity contribution in [2.45, 2.75) is 13.0 Å². The van der Waals surface area contributed by atoms with Crippen LogP contribution in [0, 0.1) is 11.6 Å². The molecule has 3 heterocycles. The van der Waals surface area contributed by atoms with Crippen molar-refractivity contribution in [1.29, 1.82) is 0 Å². The summed E-state index contributed by atoms with van der Waals surface area (Å²) in [5.41, 5.74) is 2.21. The minimum atomic E-state index is -2.88. The average Bonchev–Trinajstić information content (AvgIpc) is 3.04. The summed E-state index contributed by atoms with van der Waals surface area (Å²) in [6.45, 7) is 1.06. The van der Waals surface area contributed by atoms with E-state index in [1.54, 1.807) is 18.5 Å². The highest BCUT2D eigenvalue weighted by Gasteiger charge is 2.24. The highest BCUT2D eigenvalue weighted by atomic mass is 19.3. The summed E-state index contributed by atoms with van der Waals surface area (Å²) in [5.74, 6) is -1.32. The van der Waals surface area contributed by atoms with Crippen molar-refractivity contribution in [1.82, 2.24) is 15.0 Å². The molecular formula is C20H15F4N3. The molecule has 3 nitrogen and oxygen atoms in total. The summed E-state index contributed by atoms with van der Waals surface area (Å²) in [6, 6.07) is 5.12. The lowest BCUT2D eigenvalue weighted by Crippen LogP contribution is -2.33. The van der Waals surface area contributed by atoms with E-state index in [1.165, 1.54) is 18.2 Å². The fourth-order valence-electron chi connectivity index (χ4n) is 3.15. The van der Waals surface area contributed by atoms with Gasteiger partial charge in [0, 0.05) is 25.5 Å². The van der Waals surface area contributed by atoms with Crippen LogP contribution in [0.1, 0.15) is 23.1 Å². The molecule has 0 aliphatic carbocycles. The van der Waals surface area contributed by atoms with E-state index in [0.717, 1.165) is 23.5 Å². The Morgan fingerprint density at radius 2 is 1.93 bits per heavy atom. The smallest absolute Gasteiger partial charge is 0.266 e. The maximum absolute atomic E-state index is 13.6. The van der Waals surface area contributed by atoms with Gasteiger partial charge in [-0.1, -0.05) is 12.1 Å². The average molecular weight is 373 g/mol. The van der Waals surface area contributed by atoms with E-state index in [1.807, 2.05) is 22.2 Å². The molecule has 0 atom stereocenters. The number of aromatic nitrogens is 1. The van der Waals surface area contributed by atoms with Gasteiger partial charge >= 0.3 is 0 Å². The Balaban J connectivity index is 1.61. The van der Waals surface area contributed by atoms with Gasteiger partial charge in [-0.15, -0.1) is 0 Å². The number of fused-ring (bicyclic) bond motifs is 1. The molecule has 1 aromatic heterocycles. The fraction of sp³-hybridized carbons (Fsp3) is 0.150. The van der Waals surface area contributed by atoms with Crippen LogP contribution in [0.4, 0.5) is 17.6 Å². The third-order valence-corrected chi connectivity index (χ3v) is 4.47. The van der Waals surface area contributed by atoms with Gasteiger partial charge in [0.1, 0.15) is 11.6 Å². The molecular weight excluding hydrogens is 358 g/mol. The first-order valence-electron chi connectivity index (χ1n) is 8.33. The van der Waals surface area contributed by atoms with Gasteiger partial charge < -0.3 is 0 Å². The number of pyridine rings is 1. The van der Waals surface area contributed by atoms with Crippen LogP contribution >= 0.6 is 0 Å². The van der Waals surface area contributed by atoms with E-state index in [9.17, 15) is 17.6 Å². The zero-order valence-electron chi connectivity index (χ0n) is 14.1. The summed E-state index contributed by atoms with van der Waals surface area (Å²) in [4.78, 5) is 3.85. The minimum Gasteiger partial charge on any atom is -0.281 e. The highest BCUT2D eigenvalue weighted by Crippen LogP contribution is 2.32. The van der Waals surface area contributed by atoms with Gasteiger partial charge in [-0.2, -0.15) is 0 Å².